The van der Waals surface area contributed by atoms with Crippen molar-refractivity contribution in [3.05, 3.63) is 11.1 Å². The van der Waals surface area contributed by atoms with Gasteiger partial charge in [-0.05, 0) is 69.1 Å². The highest BCUT2D eigenvalue weighted by Crippen LogP contribution is 2.54. The van der Waals surface area contributed by atoms with Gasteiger partial charge in [-0.15, -0.1) is 0 Å². The summed E-state index contributed by atoms with van der Waals surface area (Å²) in [4.78, 5) is 0. The first-order valence-electron chi connectivity index (χ1n) is 8.62. The molecule has 18 heavy (non-hydrogen) atoms. The SMILES string of the molecule is CCCCCCC1CC2CCC1C1=C2CCCC1. The summed E-state index contributed by atoms with van der Waals surface area (Å²) >= 11 is 0. The van der Waals surface area contributed by atoms with Crippen molar-refractivity contribution in [2.24, 2.45) is 17.8 Å². The van der Waals surface area contributed by atoms with E-state index in [1.807, 2.05) is 11.1 Å². The predicted molar refractivity (Wildman–Crippen MR) is 78.6 cm³/mol. The molecular formula is C18H30. The van der Waals surface area contributed by atoms with Crippen LogP contribution in [-0.4, -0.2) is 0 Å². The Morgan fingerprint density at radius 1 is 0.944 bits per heavy atom. The Morgan fingerprint density at radius 2 is 1.78 bits per heavy atom. The molecule has 102 valence electrons. The average Bonchev–Trinajstić information content (AvgIpc) is 2.45. The van der Waals surface area contributed by atoms with E-state index in [4.69, 9.17) is 0 Å². The van der Waals surface area contributed by atoms with Gasteiger partial charge in [-0.1, -0.05) is 43.8 Å². The van der Waals surface area contributed by atoms with E-state index in [1.165, 1.54) is 64.2 Å². The van der Waals surface area contributed by atoms with Crippen molar-refractivity contribution in [3.8, 4) is 0 Å². The Hall–Kier alpha value is -0.260. The van der Waals surface area contributed by atoms with Crippen LogP contribution in [0.5, 0.6) is 0 Å². The van der Waals surface area contributed by atoms with E-state index < -0.39 is 0 Å². The summed E-state index contributed by atoms with van der Waals surface area (Å²) in [5, 5.41) is 0. The third-order valence-corrected chi connectivity index (χ3v) is 5.91. The minimum atomic E-state index is 1.03. The molecule has 0 nitrogen and oxygen atoms in total. The summed E-state index contributed by atoms with van der Waals surface area (Å²) in [6.45, 7) is 2.32. The average molecular weight is 246 g/mol. The van der Waals surface area contributed by atoms with Crippen LogP contribution in [0, 0.1) is 17.8 Å². The first-order chi connectivity index (χ1) is 8.90. The lowest BCUT2D eigenvalue weighted by atomic mass is 9.58. The third kappa shape index (κ3) is 2.40. The second-order valence-electron chi connectivity index (χ2n) is 6.98. The van der Waals surface area contributed by atoms with Crippen molar-refractivity contribution in [2.45, 2.75) is 84.0 Å². The largest absolute Gasteiger partial charge is 0.0676 e. The third-order valence-electron chi connectivity index (χ3n) is 5.91. The predicted octanol–water partition coefficient (Wildman–Crippen LogP) is 5.87. The van der Waals surface area contributed by atoms with E-state index in [0.29, 0.717) is 0 Å². The molecule has 2 bridgehead atoms. The van der Waals surface area contributed by atoms with Crippen LogP contribution in [0.25, 0.3) is 0 Å². The van der Waals surface area contributed by atoms with E-state index in [9.17, 15) is 0 Å². The molecular weight excluding hydrogens is 216 g/mol. The summed E-state index contributed by atoms with van der Waals surface area (Å²) < 4.78 is 0. The molecule has 0 aromatic heterocycles. The van der Waals surface area contributed by atoms with Gasteiger partial charge in [0.15, 0.2) is 0 Å². The van der Waals surface area contributed by atoms with Crippen LogP contribution in [0.15, 0.2) is 11.1 Å². The smallest absolute Gasteiger partial charge is 0.0172 e. The molecule has 0 heteroatoms. The maximum atomic E-state index is 2.32. The summed E-state index contributed by atoms with van der Waals surface area (Å²) in [6.07, 6.45) is 17.9. The van der Waals surface area contributed by atoms with Gasteiger partial charge in [-0.25, -0.2) is 0 Å². The molecule has 3 unspecified atom stereocenters. The van der Waals surface area contributed by atoms with Crippen LogP contribution >= 0.6 is 0 Å². The van der Waals surface area contributed by atoms with Crippen molar-refractivity contribution in [1.82, 2.24) is 0 Å². The first kappa shape index (κ1) is 12.8. The molecule has 1 saturated carbocycles. The number of unbranched alkanes of at least 4 members (excludes halogenated alkanes) is 3. The fourth-order valence-corrected chi connectivity index (χ4v) is 5.03. The van der Waals surface area contributed by atoms with Gasteiger partial charge in [0.1, 0.15) is 0 Å². The molecule has 1 fully saturated rings. The second-order valence-corrected chi connectivity index (χ2v) is 6.98. The summed E-state index contributed by atoms with van der Waals surface area (Å²) in [6, 6.07) is 0. The number of hydrogen-bond donors (Lipinski definition) is 0. The van der Waals surface area contributed by atoms with Crippen molar-refractivity contribution >= 4 is 0 Å². The normalized spacial score (nSPS) is 34.8. The Labute approximate surface area is 113 Å². The summed E-state index contributed by atoms with van der Waals surface area (Å²) in [5.74, 6) is 3.14. The van der Waals surface area contributed by atoms with E-state index in [1.54, 1.807) is 12.8 Å². The molecule has 0 N–H and O–H groups in total. The van der Waals surface area contributed by atoms with E-state index in [2.05, 4.69) is 6.92 Å². The fraction of sp³-hybridized carbons (Fsp3) is 0.889. The van der Waals surface area contributed by atoms with E-state index in [0.717, 1.165) is 17.8 Å². The van der Waals surface area contributed by atoms with Crippen LogP contribution in [-0.2, 0) is 0 Å². The quantitative estimate of drug-likeness (QED) is 0.420. The van der Waals surface area contributed by atoms with Gasteiger partial charge in [-0.3, -0.25) is 0 Å². The molecule has 4 aliphatic rings. The minimum absolute atomic E-state index is 1.03. The standard InChI is InChI=1S/C18H30/c1-2-3-4-5-8-14-13-15-11-12-17(14)18-10-7-6-9-16(15)18/h14-15,17H,2-13H2,1H3. The highest BCUT2D eigenvalue weighted by atomic mass is 14.5. The molecule has 0 amide bonds. The van der Waals surface area contributed by atoms with Crippen LogP contribution in [0.3, 0.4) is 0 Å². The fourth-order valence-electron chi connectivity index (χ4n) is 5.03. The molecule has 0 aromatic rings. The Morgan fingerprint density at radius 3 is 2.61 bits per heavy atom. The zero-order chi connectivity index (χ0) is 12.4. The maximum Gasteiger partial charge on any atom is -0.0172 e. The highest BCUT2D eigenvalue weighted by Gasteiger charge is 2.40. The molecule has 0 spiro atoms. The van der Waals surface area contributed by atoms with Gasteiger partial charge in [0.25, 0.3) is 0 Å². The Kier molecular flexibility index (Phi) is 4.11. The lowest BCUT2D eigenvalue weighted by Gasteiger charge is -2.47. The van der Waals surface area contributed by atoms with Gasteiger partial charge in [-0.2, -0.15) is 0 Å². The number of allylic oxidation sites excluding steroid dienone is 2. The monoisotopic (exact) mass is 246 g/mol. The zero-order valence-corrected chi connectivity index (χ0v) is 12.2. The van der Waals surface area contributed by atoms with Gasteiger partial charge < -0.3 is 0 Å². The zero-order valence-electron chi connectivity index (χ0n) is 12.2. The van der Waals surface area contributed by atoms with E-state index >= 15 is 0 Å². The summed E-state index contributed by atoms with van der Waals surface area (Å²) in [7, 11) is 0. The van der Waals surface area contributed by atoms with Crippen molar-refractivity contribution < 1.29 is 0 Å². The van der Waals surface area contributed by atoms with Crippen LogP contribution in [0.1, 0.15) is 84.0 Å². The van der Waals surface area contributed by atoms with Gasteiger partial charge in [0.05, 0.1) is 0 Å². The molecule has 4 rings (SSSR count). The van der Waals surface area contributed by atoms with E-state index in [-0.39, 0.29) is 0 Å². The van der Waals surface area contributed by atoms with Crippen LogP contribution in [0.2, 0.25) is 0 Å². The number of hydrogen-bond acceptors (Lipinski definition) is 0. The molecule has 4 aliphatic carbocycles. The second kappa shape index (κ2) is 5.80. The minimum Gasteiger partial charge on any atom is -0.0676 e. The highest BCUT2D eigenvalue weighted by molar-refractivity contribution is 5.29. The maximum absolute atomic E-state index is 2.32. The molecule has 0 heterocycles. The Balaban J connectivity index is 1.61. The number of fused-ring (bicyclic) bond motifs is 2. The van der Waals surface area contributed by atoms with Gasteiger partial charge in [0.2, 0.25) is 0 Å². The molecule has 0 saturated heterocycles. The topological polar surface area (TPSA) is 0 Å². The Bertz CT molecular complexity index is 312. The van der Waals surface area contributed by atoms with Crippen molar-refractivity contribution in [2.75, 3.05) is 0 Å². The lowest BCUT2D eigenvalue weighted by Crippen LogP contribution is -2.35. The molecule has 0 aromatic carbocycles. The summed E-state index contributed by atoms with van der Waals surface area (Å²) in [5.41, 5.74) is 3.94. The van der Waals surface area contributed by atoms with Gasteiger partial charge in [0, 0.05) is 0 Å². The molecule has 3 atom stereocenters. The lowest BCUT2D eigenvalue weighted by molar-refractivity contribution is 0.167. The molecule has 0 radical (unpaired) electrons. The first-order valence-corrected chi connectivity index (χ1v) is 8.62. The van der Waals surface area contributed by atoms with Gasteiger partial charge >= 0.3 is 0 Å². The van der Waals surface area contributed by atoms with Crippen LogP contribution in [0.4, 0.5) is 0 Å². The molecule has 0 aliphatic heterocycles. The number of rotatable bonds is 5. The van der Waals surface area contributed by atoms with Crippen molar-refractivity contribution in [1.29, 1.82) is 0 Å². The van der Waals surface area contributed by atoms with Crippen molar-refractivity contribution in [3.63, 3.8) is 0 Å². The van der Waals surface area contributed by atoms with Crippen LogP contribution < -0.4 is 0 Å².